The summed E-state index contributed by atoms with van der Waals surface area (Å²) in [6.07, 6.45) is 0.827. The van der Waals surface area contributed by atoms with E-state index in [1.807, 2.05) is 39.0 Å². The predicted octanol–water partition coefficient (Wildman–Crippen LogP) is 3.23. The molecule has 0 spiro atoms. The highest BCUT2D eigenvalue weighted by molar-refractivity contribution is 14.0. The molecule has 1 unspecified atom stereocenters. The van der Waals surface area contributed by atoms with Gasteiger partial charge in [0, 0.05) is 25.6 Å². The molecule has 1 aliphatic rings. The number of amides is 1. The van der Waals surface area contributed by atoms with Gasteiger partial charge in [0.25, 0.3) is 0 Å². The topological polar surface area (TPSA) is 74.8 Å². The molecule has 0 radical (unpaired) electrons. The second kappa shape index (κ2) is 9.61. The molecule has 1 amide bonds. The molecule has 7 heteroatoms. The Hall–Kier alpha value is -1.51. The molecule has 0 fully saturated rings. The molecule has 152 valence electrons. The largest absolute Gasteiger partial charge is 0.487 e. The van der Waals surface area contributed by atoms with Crippen molar-refractivity contribution in [3.8, 4) is 5.75 Å². The van der Waals surface area contributed by atoms with Crippen molar-refractivity contribution in [2.24, 2.45) is 10.4 Å². The van der Waals surface area contributed by atoms with Crippen molar-refractivity contribution in [2.45, 2.75) is 52.7 Å². The van der Waals surface area contributed by atoms with E-state index in [2.05, 4.69) is 40.9 Å². The highest BCUT2D eigenvalue weighted by atomic mass is 127. The number of rotatable bonds is 5. The summed E-state index contributed by atoms with van der Waals surface area (Å²) in [7, 11) is 1.65. The molecule has 1 heterocycles. The van der Waals surface area contributed by atoms with Gasteiger partial charge in [-0.05, 0) is 40.7 Å². The van der Waals surface area contributed by atoms with Gasteiger partial charge in [-0.2, -0.15) is 0 Å². The van der Waals surface area contributed by atoms with Crippen molar-refractivity contribution in [3.05, 3.63) is 29.8 Å². The number of guanidine groups is 1. The SMILES string of the molecule is CCNC(=NCC(C)(C)C(=O)NC)NC1CC(C)(C)Oc2ccccc21.I. The van der Waals surface area contributed by atoms with Gasteiger partial charge in [0.15, 0.2) is 5.96 Å². The van der Waals surface area contributed by atoms with E-state index in [0.717, 1.165) is 24.3 Å². The van der Waals surface area contributed by atoms with Gasteiger partial charge in [0.2, 0.25) is 5.91 Å². The number of nitrogens with one attached hydrogen (secondary N) is 3. The number of carbonyl (C=O) groups excluding carboxylic acids is 1. The first-order valence-corrected chi connectivity index (χ1v) is 9.23. The molecule has 0 bridgehead atoms. The Balaban J connectivity index is 0.00000364. The summed E-state index contributed by atoms with van der Waals surface area (Å²) in [4.78, 5) is 16.7. The minimum absolute atomic E-state index is 0. The highest BCUT2D eigenvalue weighted by Crippen LogP contribution is 2.39. The molecule has 1 aliphatic heterocycles. The smallest absolute Gasteiger partial charge is 0.227 e. The van der Waals surface area contributed by atoms with Crippen LogP contribution in [0, 0.1) is 5.41 Å². The number of hydrogen-bond acceptors (Lipinski definition) is 3. The van der Waals surface area contributed by atoms with Crippen molar-refractivity contribution in [1.29, 1.82) is 0 Å². The summed E-state index contributed by atoms with van der Waals surface area (Å²) in [5.74, 6) is 1.60. The molecule has 6 nitrogen and oxygen atoms in total. The van der Waals surface area contributed by atoms with Crippen LogP contribution in [-0.2, 0) is 4.79 Å². The normalized spacial score (nSPS) is 18.4. The number of ether oxygens (including phenoxy) is 1. The molecule has 27 heavy (non-hydrogen) atoms. The minimum atomic E-state index is -0.566. The first kappa shape index (κ1) is 23.5. The van der Waals surface area contributed by atoms with Crippen LogP contribution in [0.3, 0.4) is 0 Å². The lowest BCUT2D eigenvalue weighted by Crippen LogP contribution is -2.46. The fraction of sp³-hybridized carbons (Fsp3) is 0.600. The van der Waals surface area contributed by atoms with Crippen molar-refractivity contribution >= 4 is 35.8 Å². The molecule has 0 saturated carbocycles. The minimum Gasteiger partial charge on any atom is -0.487 e. The van der Waals surface area contributed by atoms with Gasteiger partial charge in [0.1, 0.15) is 11.4 Å². The maximum atomic E-state index is 12.0. The van der Waals surface area contributed by atoms with E-state index in [4.69, 9.17) is 4.74 Å². The maximum absolute atomic E-state index is 12.0. The Morgan fingerprint density at radius 1 is 1.33 bits per heavy atom. The lowest BCUT2D eigenvalue weighted by molar-refractivity contribution is -0.128. The molecule has 3 N–H and O–H groups in total. The van der Waals surface area contributed by atoms with Gasteiger partial charge >= 0.3 is 0 Å². The Morgan fingerprint density at radius 3 is 2.63 bits per heavy atom. The third-order valence-electron chi connectivity index (χ3n) is 4.51. The summed E-state index contributed by atoms with van der Waals surface area (Å²) in [6.45, 7) is 11.2. The third kappa shape index (κ3) is 6.26. The van der Waals surface area contributed by atoms with E-state index in [1.54, 1.807) is 7.05 Å². The Kier molecular flexibility index (Phi) is 8.38. The second-order valence-corrected chi connectivity index (χ2v) is 7.96. The predicted molar refractivity (Wildman–Crippen MR) is 121 cm³/mol. The number of para-hydroxylation sites is 1. The number of benzene rings is 1. The zero-order valence-electron chi connectivity index (χ0n) is 17.2. The van der Waals surface area contributed by atoms with Crippen LogP contribution < -0.4 is 20.7 Å². The summed E-state index contributed by atoms with van der Waals surface area (Å²) < 4.78 is 6.10. The van der Waals surface area contributed by atoms with Crippen LogP contribution in [-0.4, -0.2) is 37.6 Å². The van der Waals surface area contributed by atoms with E-state index < -0.39 is 5.41 Å². The molecule has 0 saturated heterocycles. The zero-order chi connectivity index (χ0) is 19.4. The van der Waals surface area contributed by atoms with Gasteiger partial charge in [-0.3, -0.25) is 9.79 Å². The van der Waals surface area contributed by atoms with Crippen LogP contribution >= 0.6 is 24.0 Å². The fourth-order valence-corrected chi connectivity index (χ4v) is 3.10. The zero-order valence-corrected chi connectivity index (χ0v) is 19.5. The Bertz CT molecular complexity index is 674. The lowest BCUT2D eigenvalue weighted by atomic mass is 9.90. The molecule has 0 aliphatic carbocycles. The quantitative estimate of drug-likeness (QED) is 0.338. The van der Waals surface area contributed by atoms with Crippen LogP contribution in [0.15, 0.2) is 29.3 Å². The van der Waals surface area contributed by atoms with Gasteiger partial charge in [-0.1, -0.05) is 18.2 Å². The van der Waals surface area contributed by atoms with E-state index in [9.17, 15) is 4.79 Å². The van der Waals surface area contributed by atoms with E-state index >= 15 is 0 Å². The fourth-order valence-electron chi connectivity index (χ4n) is 3.10. The number of carbonyl (C=O) groups is 1. The van der Waals surface area contributed by atoms with Gasteiger partial charge < -0.3 is 20.7 Å². The standard InChI is InChI=1S/C20H32N4O2.HI/c1-7-22-18(23-13-19(2,3)17(25)21-6)24-15-12-20(4,5)26-16-11-9-8-10-14(15)16;/h8-11,15H,7,12-13H2,1-6H3,(H,21,25)(H2,22,23,24);1H. The van der Waals surface area contributed by atoms with Crippen molar-refractivity contribution in [2.75, 3.05) is 20.1 Å². The lowest BCUT2D eigenvalue weighted by Gasteiger charge is -2.38. The first-order chi connectivity index (χ1) is 12.2. The van der Waals surface area contributed by atoms with Crippen LogP contribution in [0.2, 0.25) is 0 Å². The van der Waals surface area contributed by atoms with Crippen LogP contribution in [0.5, 0.6) is 5.75 Å². The van der Waals surface area contributed by atoms with Gasteiger partial charge in [-0.25, -0.2) is 0 Å². The first-order valence-electron chi connectivity index (χ1n) is 9.23. The molecule has 1 aromatic carbocycles. The van der Waals surface area contributed by atoms with Crippen molar-refractivity contribution in [3.63, 3.8) is 0 Å². The molecule has 1 atom stereocenters. The van der Waals surface area contributed by atoms with Gasteiger partial charge in [-0.15, -0.1) is 24.0 Å². The average molecular weight is 488 g/mol. The van der Waals surface area contributed by atoms with E-state index in [-0.39, 0.29) is 41.5 Å². The number of hydrogen-bond donors (Lipinski definition) is 3. The molecule has 2 rings (SSSR count). The summed E-state index contributed by atoms with van der Waals surface area (Å²) >= 11 is 0. The van der Waals surface area contributed by atoms with E-state index in [1.165, 1.54) is 0 Å². The molecule has 0 aromatic heterocycles. The number of halogens is 1. The number of fused-ring (bicyclic) bond motifs is 1. The summed E-state index contributed by atoms with van der Waals surface area (Å²) in [5, 5.41) is 9.51. The maximum Gasteiger partial charge on any atom is 0.227 e. The summed E-state index contributed by atoms with van der Waals surface area (Å²) in [5.41, 5.74) is 0.303. The van der Waals surface area contributed by atoms with Crippen LogP contribution in [0.25, 0.3) is 0 Å². The molecule has 1 aromatic rings. The van der Waals surface area contributed by atoms with Crippen molar-refractivity contribution in [1.82, 2.24) is 16.0 Å². The van der Waals surface area contributed by atoms with Crippen molar-refractivity contribution < 1.29 is 9.53 Å². The highest BCUT2D eigenvalue weighted by Gasteiger charge is 2.34. The van der Waals surface area contributed by atoms with Crippen LogP contribution in [0.4, 0.5) is 0 Å². The number of aliphatic imine (C=N–C) groups is 1. The Morgan fingerprint density at radius 2 is 2.00 bits per heavy atom. The molecular weight excluding hydrogens is 455 g/mol. The second-order valence-electron chi connectivity index (χ2n) is 7.96. The Labute approximate surface area is 179 Å². The molecular formula is C20H33IN4O2. The van der Waals surface area contributed by atoms with Crippen LogP contribution in [0.1, 0.15) is 52.6 Å². The average Bonchev–Trinajstić information content (AvgIpc) is 2.58. The monoisotopic (exact) mass is 488 g/mol. The number of nitrogens with zero attached hydrogens (tertiary/aromatic N) is 1. The summed E-state index contributed by atoms with van der Waals surface area (Å²) in [6, 6.07) is 8.19. The third-order valence-corrected chi connectivity index (χ3v) is 4.51. The van der Waals surface area contributed by atoms with E-state index in [0.29, 0.717) is 12.5 Å². The van der Waals surface area contributed by atoms with Gasteiger partial charge in [0.05, 0.1) is 18.0 Å².